The number of methoxy groups -OCH3 is 2. The Morgan fingerprint density at radius 1 is 1.25 bits per heavy atom. The summed E-state index contributed by atoms with van der Waals surface area (Å²) in [5.74, 6) is 2.33. The molecule has 7 nitrogen and oxygen atoms in total. The van der Waals surface area contributed by atoms with Gasteiger partial charge in [-0.15, -0.1) is 24.0 Å². The van der Waals surface area contributed by atoms with Gasteiger partial charge in [-0.25, -0.2) is 4.99 Å². The summed E-state index contributed by atoms with van der Waals surface area (Å²) in [4.78, 5) is 4.64. The van der Waals surface area contributed by atoms with E-state index in [1.807, 2.05) is 18.2 Å². The number of halogens is 1. The quantitative estimate of drug-likeness (QED) is 0.208. The lowest BCUT2D eigenvalue weighted by atomic mass is 10.2. The van der Waals surface area contributed by atoms with Crippen LogP contribution in [0, 0.1) is 0 Å². The lowest BCUT2D eigenvalue weighted by Gasteiger charge is -2.13. The number of aliphatic imine (C=N–C) groups is 1. The highest BCUT2D eigenvalue weighted by Gasteiger charge is 2.14. The molecule has 2 rings (SSSR count). The van der Waals surface area contributed by atoms with Crippen molar-refractivity contribution in [3.8, 4) is 11.5 Å². The van der Waals surface area contributed by atoms with Gasteiger partial charge < -0.3 is 29.6 Å². The third-order valence-corrected chi connectivity index (χ3v) is 4.33. The summed E-state index contributed by atoms with van der Waals surface area (Å²) in [5, 5.41) is 6.60. The Balaban J connectivity index is 0.00000392. The van der Waals surface area contributed by atoms with Gasteiger partial charge in [0.1, 0.15) is 11.5 Å². The van der Waals surface area contributed by atoms with Gasteiger partial charge in [-0.05, 0) is 38.3 Å². The molecule has 0 aromatic heterocycles. The summed E-state index contributed by atoms with van der Waals surface area (Å²) >= 11 is 0. The maximum Gasteiger partial charge on any atom is 0.191 e. The van der Waals surface area contributed by atoms with Crippen LogP contribution < -0.4 is 20.1 Å². The first-order chi connectivity index (χ1) is 13.3. The molecule has 8 heteroatoms. The van der Waals surface area contributed by atoms with Crippen molar-refractivity contribution >= 4 is 29.9 Å². The molecule has 1 aromatic carbocycles. The van der Waals surface area contributed by atoms with Crippen LogP contribution in [0.2, 0.25) is 0 Å². The molecule has 0 aliphatic carbocycles. The topological polar surface area (TPSA) is 73.3 Å². The van der Waals surface area contributed by atoms with Crippen LogP contribution in [0.15, 0.2) is 23.2 Å². The largest absolute Gasteiger partial charge is 0.497 e. The molecule has 2 N–H and O–H groups in total. The molecule has 0 amide bonds. The van der Waals surface area contributed by atoms with E-state index in [4.69, 9.17) is 18.9 Å². The normalized spacial score (nSPS) is 16.4. The molecule has 1 saturated heterocycles. The van der Waals surface area contributed by atoms with Crippen LogP contribution in [0.3, 0.4) is 0 Å². The lowest BCUT2D eigenvalue weighted by Crippen LogP contribution is -2.38. The van der Waals surface area contributed by atoms with E-state index in [0.29, 0.717) is 13.2 Å². The van der Waals surface area contributed by atoms with Crippen molar-refractivity contribution in [3.05, 3.63) is 23.8 Å². The molecule has 1 aliphatic heterocycles. The summed E-state index contributed by atoms with van der Waals surface area (Å²) < 4.78 is 21.9. The van der Waals surface area contributed by atoms with Gasteiger partial charge in [0.15, 0.2) is 5.96 Å². The number of nitrogens with one attached hydrogen (secondary N) is 2. The minimum atomic E-state index is 0. The molecule has 1 atom stereocenters. The van der Waals surface area contributed by atoms with Crippen molar-refractivity contribution in [2.45, 2.75) is 38.8 Å². The number of guanidine groups is 1. The number of ether oxygens (including phenoxy) is 4. The van der Waals surface area contributed by atoms with Crippen molar-refractivity contribution in [1.29, 1.82) is 0 Å². The van der Waals surface area contributed by atoms with Gasteiger partial charge >= 0.3 is 0 Å². The number of hydrogen-bond donors (Lipinski definition) is 2. The minimum Gasteiger partial charge on any atom is -0.497 e. The molecule has 0 bridgehead atoms. The highest BCUT2D eigenvalue weighted by Crippen LogP contribution is 2.25. The monoisotopic (exact) mass is 507 g/mol. The Kier molecular flexibility index (Phi) is 13.0. The van der Waals surface area contributed by atoms with Crippen molar-refractivity contribution in [2.75, 3.05) is 47.1 Å². The van der Waals surface area contributed by atoms with Gasteiger partial charge in [0.05, 0.1) is 33.5 Å². The highest BCUT2D eigenvalue weighted by atomic mass is 127. The molecule has 1 aromatic rings. The fourth-order valence-electron chi connectivity index (χ4n) is 2.86. The van der Waals surface area contributed by atoms with Gasteiger partial charge in [-0.1, -0.05) is 0 Å². The van der Waals surface area contributed by atoms with Crippen molar-refractivity contribution < 1.29 is 18.9 Å². The predicted molar refractivity (Wildman–Crippen MR) is 122 cm³/mol. The van der Waals surface area contributed by atoms with Crippen molar-refractivity contribution in [3.63, 3.8) is 0 Å². The second-order valence-corrected chi connectivity index (χ2v) is 6.36. The van der Waals surface area contributed by atoms with Gasteiger partial charge in [0.25, 0.3) is 0 Å². The summed E-state index contributed by atoms with van der Waals surface area (Å²) in [6.45, 7) is 6.48. The van der Waals surface area contributed by atoms with E-state index in [0.717, 1.165) is 68.6 Å². The van der Waals surface area contributed by atoms with Crippen LogP contribution in [0.25, 0.3) is 0 Å². The second kappa shape index (κ2) is 14.7. The number of nitrogens with zero attached hydrogens (tertiary/aromatic N) is 1. The average Bonchev–Trinajstić information content (AvgIpc) is 3.22. The Morgan fingerprint density at radius 3 is 2.79 bits per heavy atom. The lowest BCUT2D eigenvalue weighted by molar-refractivity contribution is 0.0168. The number of hydrogen-bond acceptors (Lipinski definition) is 5. The van der Waals surface area contributed by atoms with E-state index in [9.17, 15) is 0 Å². The Bertz CT molecular complexity index is 581. The number of rotatable bonds is 11. The van der Waals surface area contributed by atoms with Gasteiger partial charge in [0.2, 0.25) is 0 Å². The third-order valence-electron chi connectivity index (χ3n) is 4.33. The third kappa shape index (κ3) is 8.83. The van der Waals surface area contributed by atoms with Crippen molar-refractivity contribution in [2.24, 2.45) is 4.99 Å². The molecule has 160 valence electrons. The molecule has 1 heterocycles. The Hall–Kier alpha value is -1.26. The molecule has 1 unspecified atom stereocenters. The molecule has 1 fully saturated rings. The molecule has 1 aliphatic rings. The van der Waals surface area contributed by atoms with E-state index < -0.39 is 0 Å². The Labute approximate surface area is 185 Å². The highest BCUT2D eigenvalue weighted by molar-refractivity contribution is 14.0. The summed E-state index contributed by atoms with van der Waals surface area (Å²) in [7, 11) is 3.30. The molecular formula is C20H34IN3O4. The summed E-state index contributed by atoms with van der Waals surface area (Å²) in [6, 6.07) is 5.76. The second-order valence-electron chi connectivity index (χ2n) is 6.36. The van der Waals surface area contributed by atoms with Crippen molar-refractivity contribution in [1.82, 2.24) is 10.6 Å². The van der Waals surface area contributed by atoms with E-state index in [1.165, 1.54) is 0 Å². The first-order valence-corrected chi connectivity index (χ1v) is 9.69. The SMILES string of the molecule is CCNC(=NCc1ccc(OC)cc1OC)NCCCOCC1CCCO1.I. The van der Waals surface area contributed by atoms with Crippen LogP contribution in [0.4, 0.5) is 0 Å². The minimum absolute atomic E-state index is 0. The van der Waals surface area contributed by atoms with Gasteiger partial charge in [0, 0.05) is 37.9 Å². The zero-order valence-electron chi connectivity index (χ0n) is 17.2. The van der Waals surface area contributed by atoms with E-state index in [2.05, 4.69) is 22.5 Å². The van der Waals surface area contributed by atoms with Crippen LogP contribution in [-0.4, -0.2) is 59.2 Å². The van der Waals surface area contributed by atoms with Crippen LogP contribution in [-0.2, 0) is 16.0 Å². The molecule has 0 saturated carbocycles. The summed E-state index contributed by atoms with van der Waals surface area (Å²) in [6.07, 6.45) is 3.47. The van der Waals surface area contributed by atoms with Gasteiger partial charge in [-0.3, -0.25) is 0 Å². The Morgan fingerprint density at radius 2 is 2.11 bits per heavy atom. The maximum atomic E-state index is 5.69. The first kappa shape index (κ1) is 24.8. The van der Waals surface area contributed by atoms with Crippen LogP contribution in [0.5, 0.6) is 11.5 Å². The fourth-order valence-corrected chi connectivity index (χ4v) is 2.86. The molecular weight excluding hydrogens is 473 g/mol. The van der Waals surface area contributed by atoms with E-state index in [-0.39, 0.29) is 30.1 Å². The van der Waals surface area contributed by atoms with E-state index >= 15 is 0 Å². The predicted octanol–water partition coefficient (Wildman–Crippen LogP) is 2.96. The summed E-state index contributed by atoms with van der Waals surface area (Å²) in [5.41, 5.74) is 1.01. The average molecular weight is 507 g/mol. The maximum absolute atomic E-state index is 5.69. The smallest absolute Gasteiger partial charge is 0.191 e. The number of benzene rings is 1. The molecule has 0 radical (unpaired) electrons. The van der Waals surface area contributed by atoms with Crippen LogP contribution >= 0.6 is 24.0 Å². The van der Waals surface area contributed by atoms with E-state index in [1.54, 1.807) is 14.2 Å². The zero-order chi connectivity index (χ0) is 19.3. The molecule has 0 spiro atoms. The molecule has 28 heavy (non-hydrogen) atoms. The van der Waals surface area contributed by atoms with Gasteiger partial charge in [-0.2, -0.15) is 0 Å². The van der Waals surface area contributed by atoms with Crippen LogP contribution in [0.1, 0.15) is 31.7 Å². The standard InChI is InChI=1S/C20H33N3O4.HI/c1-4-21-20(22-10-6-11-26-15-18-7-5-12-27-18)23-14-16-8-9-17(24-2)13-19(16)25-3;/h8-9,13,18H,4-7,10-12,14-15H2,1-3H3,(H2,21,22,23);1H. The fraction of sp³-hybridized carbons (Fsp3) is 0.650. The first-order valence-electron chi connectivity index (χ1n) is 9.69. The zero-order valence-corrected chi connectivity index (χ0v) is 19.5.